The van der Waals surface area contributed by atoms with Crippen LogP contribution in [0, 0.1) is 0 Å². The second-order valence-corrected chi connectivity index (χ2v) is 13.2. The van der Waals surface area contributed by atoms with E-state index in [9.17, 15) is 0 Å². The highest BCUT2D eigenvalue weighted by molar-refractivity contribution is 6.01. The summed E-state index contributed by atoms with van der Waals surface area (Å²) in [6.07, 6.45) is 15.8. The van der Waals surface area contributed by atoms with E-state index in [1.165, 1.54) is 66.8 Å². The highest BCUT2D eigenvalue weighted by Crippen LogP contribution is 2.49. The van der Waals surface area contributed by atoms with Crippen molar-refractivity contribution in [2.75, 3.05) is 4.90 Å². The molecule has 3 heterocycles. The summed E-state index contributed by atoms with van der Waals surface area (Å²) in [6, 6.07) is 48.4. The number of benzene rings is 5. The summed E-state index contributed by atoms with van der Waals surface area (Å²) in [7, 11) is 0. The van der Waals surface area contributed by atoms with Crippen LogP contribution in [0.4, 0.5) is 11.4 Å². The highest BCUT2D eigenvalue weighted by Gasteiger charge is 2.36. The van der Waals surface area contributed by atoms with Crippen molar-refractivity contribution >= 4 is 45.6 Å². The zero-order chi connectivity index (χ0) is 34.3. The maximum atomic E-state index is 4.28. The van der Waals surface area contributed by atoms with Gasteiger partial charge >= 0.3 is 0 Å². The molecule has 244 valence electrons. The third-order valence-electron chi connectivity index (χ3n) is 10.3. The van der Waals surface area contributed by atoms with E-state index in [0.29, 0.717) is 0 Å². The van der Waals surface area contributed by atoms with Crippen LogP contribution in [-0.4, -0.2) is 15.6 Å². The Morgan fingerprint density at radius 2 is 1.41 bits per heavy atom. The maximum absolute atomic E-state index is 4.28. The van der Waals surface area contributed by atoms with Gasteiger partial charge < -0.3 is 9.47 Å². The molecule has 0 saturated heterocycles. The summed E-state index contributed by atoms with van der Waals surface area (Å²) < 4.78 is 2.36. The van der Waals surface area contributed by atoms with Gasteiger partial charge in [-0.25, -0.2) is 0 Å². The zero-order valence-corrected chi connectivity index (χ0v) is 28.6. The number of allylic oxidation sites excluding steroid dienone is 3. The van der Waals surface area contributed by atoms with Crippen LogP contribution in [0.3, 0.4) is 0 Å². The topological polar surface area (TPSA) is 21.1 Å². The van der Waals surface area contributed by atoms with Crippen LogP contribution in [0.1, 0.15) is 35.7 Å². The van der Waals surface area contributed by atoms with Crippen molar-refractivity contribution in [2.45, 2.75) is 19.4 Å². The molecule has 2 aromatic heterocycles. The highest BCUT2D eigenvalue weighted by atomic mass is 15.2. The quantitative estimate of drug-likeness (QED) is 0.170. The molecule has 0 saturated carbocycles. The molecule has 2 aliphatic rings. The van der Waals surface area contributed by atoms with E-state index in [1.54, 1.807) is 0 Å². The van der Waals surface area contributed by atoms with Crippen LogP contribution >= 0.6 is 0 Å². The first kappa shape index (κ1) is 30.6. The van der Waals surface area contributed by atoms with Crippen molar-refractivity contribution in [3.05, 3.63) is 193 Å². The fourth-order valence-corrected chi connectivity index (χ4v) is 7.95. The van der Waals surface area contributed by atoms with E-state index in [-0.39, 0.29) is 6.04 Å². The molecular weight excluding hydrogens is 619 g/mol. The van der Waals surface area contributed by atoms with E-state index in [1.807, 2.05) is 18.5 Å². The fourth-order valence-electron chi connectivity index (χ4n) is 7.95. The minimum absolute atomic E-state index is 0.229. The lowest BCUT2D eigenvalue weighted by Gasteiger charge is -2.30. The molecule has 3 heteroatoms. The van der Waals surface area contributed by atoms with E-state index in [0.717, 1.165) is 23.4 Å². The summed E-state index contributed by atoms with van der Waals surface area (Å²) in [5, 5.41) is 1.20. The number of pyridine rings is 1. The van der Waals surface area contributed by atoms with Gasteiger partial charge in [0.05, 0.1) is 17.3 Å². The Bertz CT molecular complexity index is 2510. The van der Waals surface area contributed by atoms with Crippen LogP contribution in [-0.2, 0) is 0 Å². The van der Waals surface area contributed by atoms with Gasteiger partial charge in [0.15, 0.2) is 0 Å². The Morgan fingerprint density at radius 3 is 2.22 bits per heavy atom. The zero-order valence-electron chi connectivity index (χ0n) is 28.6. The lowest BCUT2D eigenvalue weighted by molar-refractivity contribution is 0.831. The molecule has 5 aromatic carbocycles. The minimum atomic E-state index is 0.229. The number of aromatic nitrogens is 2. The van der Waals surface area contributed by atoms with Crippen LogP contribution < -0.4 is 4.90 Å². The number of anilines is 2. The Kier molecular flexibility index (Phi) is 7.67. The van der Waals surface area contributed by atoms with Crippen LogP contribution in [0.25, 0.3) is 62.1 Å². The largest absolute Gasteiger partial charge is 0.333 e. The molecule has 0 spiro atoms. The maximum Gasteiger partial charge on any atom is 0.0633 e. The van der Waals surface area contributed by atoms with E-state index >= 15 is 0 Å². The van der Waals surface area contributed by atoms with Gasteiger partial charge in [-0.2, -0.15) is 0 Å². The number of para-hydroxylation sites is 1. The molecule has 0 fully saturated rings. The monoisotopic (exact) mass is 655 g/mol. The van der Waals surface area contributed by atoms with Crippen molar-refractivity contribution in [2.24, 2.45) is 0 Å². The number of nitrogens with zero attached hydrogens (tertiary/aromatic N) is 3. The normalized spacial score (nSPS) is 15.1. The van der Waals surface area contributed by atoms with E-state index in [4.69, 9.17) is 0 Å². The van der Waals surface area contributed by atoms with Gasteiger partial charge in [0.1, 0.15) is 0 Å². The minimum Gasteiger partial charge on any atom is -0.333 e. The van der Waals surface area contributed by atoms with E-state index in [2.05, 4.69) is 186 Å². The van der Waals surface area contributed by atoms with Gasteiger partial charge in [-0.3, -0.25) is 4.98 Å². The first-order chi connectivity index (χ1) is 25.2. The molecule has 7 aromatic rings. The van der Waals surface area contributed by atoms with Crippen LogP contribution in [0.15, 0.2) is 171 Å². The van der Waals surface area contributed by atoms with Crippen molar-refractivity contribution in [3.63, 3.8) is 0 Å². The van der Waals surface area contributed by atoms with E-state index < -0.39 is 0 Å². The summed E-state index contributed by atoms with van der Waals surface area (Å²) >= 11 is 0. The second kappa shape index (κ2) is 12.8. The summed E-state index contributed by atoms with van der Waals surface area (Å²) in [4.78, 5) is 6.74. The fraction of sp³-hybridized carbons (Fsp3) is 0.0625. The van der Waals surface area contributed by atoms with Crippen molar-refractivity contribution in [1.82, 2.24) is 9.55 Å². The molecule has 0 bridgehead atoms. The predicted molar refractivity (Wildman–Crippen MR) is 216 cm³/mol. The third-order valence-corrected chi connectivity index (χ3v) is 10.3. The number of hydrogen-bond acceptors (Lipinski definition) is 2. The number of fused-ring (bicyclic) bond motifs is 4. The Morgan fingerprint density at radius 1 is 0.686 bits per heavy atom. The van der Waals surface area contributed by atoms with Gasteiger partial charge in [-0.15, -0.1) is 0 Å². The summed E-state index contributed by atoms with van der Waals surface area (Å²) in [5.74, 6) is 0. The standard InChI is InChI=1S/C48H37N3/c1-3-11-45-41(4-2)43-31-37(20-24-47(43)50(45)39-22-18-34(19-23-39)33-12-6-5-7-13-33)38-21-25-48-44(32-38)42-16-8-9-17-46(42)51(48)40-15-10-14-36(30-40)35-26-28-49-29-27-35/h3-24,26-32,48H,2,25H2,1H3. The summed E-state index contributed by atoms with van der Waals surface area (Å²) in [6.45, 7) is 6.35. The molecule has 1 atom stereocenters. The molecule has 9 rings (SSSR count). The van der Waals surface area contributed by atoms with Crippen molar-refractivity contribution in [1.29, 1.82) is 0 Å². The smallest absolute Gasteiger partial charge is 0.0633 e. The van der Waals surface area contributed by atoms with Crippen molar-refractivity contribution < 1.29 is 0 Å². The Labute approximate surface area is 299 Å². The molecule has 1 unspecified atom stereocenters. The van der Waals surface area contributed by atoms with Gasteiger partial charge in [0, 0.05) is 46.0 Å². The first-order valence-corrected chi connectivity index (χ1v) is 17.6. The lowest BCUT2D eigenvalue weighted by atomic mass is 9.88. The Hall–Kier alpha value is -6.45. The molecule has 0 amide bonds. The molecule has 3 nitrogen and oxygen atoms in total. The number of rotatable bonds is 7. The average molecular weight is 656 g/mol. The SMILES string of the molecule is C=Cc1c(C=CC)n(-c2ccc(-c3ccccc3)cc2)c2ccc(C3=CCC4C(=C3)c3ccccc3N4c3cccc(-c4ccncc4)c3)cc12. The van der Waals surface area contributed by atoms with Gasteiger partial charge in [-0.05, 0) is 119 Å². The van der Waals surface area contributed by atoms with Crippen molar-refractivity contribution in [3.8, 4) is 27.9 Å². The molecular formula is C48H37N3. The predicted octanol–water partition coefficient (Wildman–Crippen LogP) is 12.4. The molecule has 1 aliphatic carbocycles. The van der Waals surface area contributed by atoms with Gasteiger partial charge in [0.2, 0.25) is 0 Å². The molecule has 0 N–H and O–H groups in total. The average Bonchev–Trinajstić information content (AvgIpc) is 3.70. The molecule has 1 aliphatic heterocycles. The first-order valence-electron chi connectivity index (χ1n) is 17.6. The second-order valence-electron chi connectivity index (χ2n) is 13.2. The molecule has 0 radical (unpaired) electrons. The van der Waals surface area contributed by atoms with Crippen LogP contribution in [0.5, 0.6) is 0 Å². The summed E-state index contributed by atoms with van der Waals surface area (Å²) in [5.41, 5.74) is 17.0. The van der Waals surface area contributed by atoms with Gasteiger partial charge in [0.25, 0.3) is 0 Å². The lowest BCUT2D eigenvalue weighted by Crippen LogP contribution is -2.27. The van der Waals surface area contributed by atoms with Gasteiger partial charge in [-0.1, -0.05) is 104 Å². The number of hydrogen-bond donors (Lipinski definition) is 0. The molecule has 51 heavy (non-hydrogen) atoms. The Balaban J connectivity index is 1.10. The third kappa shape index (κ3) is 5.26. The van der Waals surface area contributed by atoms with Crippen LogP contribution in [0.2, 0.25) is 0 Å².